The molecule has 4 fully saturated rings. The van der Waals surface area contributed by atoms with Crippen molar-refractivity contribution in [2.24, 2.45) is 23.7 Å². The van der Waals surface area contributed by atoms with Gasteiger partial charge in [-0.25, -0.2) is 4.39 Å². The molecular formula is C16H19FO. The molecule has 1 aromatic rings. The van der Waals surface area contributed by atoms with Crippen molar-refractivity contribution < 1.29 is 9.50 Å². The summed E-state index contributed by atoms with van der Waals surface area (Å²) in [6, 6.07) is 6.64. The lowest BCUT2D eigenvalue weighted by Gasteiger charge is -2.59. The van der Waals surface area contributed by atoms with Crippen molar-refractivity contribution in [3.63, 3.8) is 0 Å². The maximum atomic E-state index is 13.4. The minimum Gasteiger partial charge on any atom is -0.385 e. The molecule has 0 radical (unpaired) electrons. The Kier molecular flexibility index (Phi) is 2.18. The molecular weight excluding hydrogens is 227 g/mol. The summed E-state index contributed by atoms with van der Waals surface area (Å²) in [7, 11) is 0. The summed E-state index contributed by atoms with van der Waals surface area (Å²) < 4.78 is 13.4. The van der Waals surface area contributed by atoms with Gasteiger partial charge < -0.3 is 5.11 Å². The topological polar surface area (TPSA) is 20.2 Å². The average molecular weight is 246 g/mol. The van der Waals surface area contributed by atoms with Crippen molar-refractivity contribution in [3.8, 4) is 0 Å². The number of hydrogen-bond acceptors (Lipinski definition) is 1. The van der Waals surface area contributed by atoms with E-state index in [-0.39, 0.29) is 5.82 Å². The zero-order valence-corrected chi connectivity index (χ0v) is 10.5. The van der Waals surface area contributed by atoms with Crippen LogP contribution < -0.4 is 0 Å². The number of benzene rings is 1. The average Bonchev–Trinajstić information content (AvgIpc) is 2.35. The van der Waals surface area contributed by atoms with E-state index in [4.69, 9.17) is 0 Å². The molecule has 4 aliphatic carbocycles. The second-order valence-electron chi connectivity index (χ2n) is 6.64. The molecule has 1 nitrogen and oxygen atoms in total. The van der Waals surface area contributed by atoms with Crippen molar-refractivity contribution in [3.05, 3.63) is 35.6 Å². The smallest absolute Gasteiger partial charge is 0.123 e. The monoisotopic (exact) mass is 246 g/mol. The van der Waals surface area contributed by atoms with Gasteiger partial charge >= 0.3 is 0 Å². The summed E-state index contributed by atoms with van der Waals surface area (Å²) in [6.45, 7) is 0. The molecule has 18 heavy (non-hydrogen) atoms. The summed E-state index contributed by atoms with van der Waals surface area (Å²) in [5, 5.41) is 11.2. The molecule has 1 aromatic carbocycles. The zero-order valence-electron chi connectivity index (χ0n) is 10.5. The fourth-order valence-corrected chi connectivity index (χ4v) is 5.11. The third-order valence-corrected chi connectivity index (χ3v) is 5.67. The first-order valence-electron chi connectivity index (χ1n) is 7.14. The fourth-order valence-electron chi connectivity index (χ4n) is 5.11. The third kappa shape index (κ3) is 1.36. The van der Waals surface area contributed by atoms with Crippen LogP contribution in [-0.4, -0.2) is 5.11 Å². The number of halogens is 1. The largest absolute Gasteiger partial charge is 0.385 e. The van der Waals surface area contributed by atoms with Crippen LogP contribution in [0.5, 0.6) is 0 Å². The van der Waals surface area contributed by atoms with E-state index in [1.54, 1.807) is 12.1 Å². The predicted molar refractivity (Wildman–Crippen MR) is 67.3 cm³/mol. The molecule has 0 amide bonds. The SMILES string of the molecule is OC1(c2cccc(F)c2)C2CC3CC(C2)CC1C3. The van der Waals surface area contributed by atoms with Crippen LogP contribution in [0.4, 0.5) is 4.39 Å². The van der Waals surface area contributed by atoms with Crippen LogP contribution in [0.2, 0.25) is 0 Å². The van der Waals surface area contributed by atoms with Crippen LogP contribution >= 0.6 is 0 Å². The van der Waals surface area contributed by atoms with Gasteiger partial charge in [-0.1, -0.05) is 12.1 Å². The number of aliphatic hydroxyl groups is 1. The highest BCUT2D eigenvalue weighted by atomic mass is 19.1. The standard InChI is InChI=1S/C16H19FO/c17-15-3-1-2-12(9-15)16(18)13-5-10-4-11(7-13)8-14(16)6-10/h1-3,9-11,13-14,18H,4-8H2. The maximum absolute atomic E-state index is 13.4. The normalized spacial score (nSPS) is 45.4. The summed E-state index contributed by atoms with van der Waals surface area (Å²) in [6.07, 6.45) is 5.92. The van der Waals surface area contributed by atoms with Crippen LogP contribution in [0.25, 0.3) is 0 Å². The highest BCUT2D eigenvalue weighted by Crippen LogP contribution is 2.61. The first-order chi connectivity index (χ1) is 8.66. The van der Waals surface area contributed by atoms with Crippen molar-refractivity contribution in [2.45, 2.75) is 37.7 Å². The molecule has 0 unspecified atom stereocenters. The Morgan fingerprint density at radius 2 is 1.61 bits per heavy atom. The molecule has 4 saturated carbocycles. The Hall–Kier alpha value is -0.890. The zero-order chi connectivity index (χ0) is 12.3. The Morgan fingerprint density at radius 1 is 1.00 bits per heavy atom. The van der Waals surface area contributed by atoms with Crippen LogP contribution in [0.1, 0.15) is 37.7 Å². The molecule has 0 aromatic heterocycles. The van der Waals surface area contributed by atoms with E-state index in [2.05, 4.69) is 0 Å². The van der Waals surface area contributed by atoms with E-state index in [0.29, 0.717) is 11.8 Å². The van der Waals surface area contributed by atoms with Gasteiger partial charge in [0.05, 0.1) is 5.60 Å². The molecule has 0 atom stereocenters. The van der Waals surface area contributed by atoms with Crippen LogP contribution in [0, 0.1) is 29.5 Å². The highest BCUT2D eigenvalue weighted by Gasteiger charge is 2.57. The predicted octanol–water partition coefficient (Wildman–Crippen LogP) is 3.47. The molecule has 0 heterocycles. The van der Waals surface area contributed by atoms with Gasteiger partial charge in [0, 0.05) is 0 Å². The molecule has 4 bridgehead atoms. The molecule has 2 heteroatoms. The van der Waals surface area contributed by atoms with Gasteiger partial charge in [0.2, 0.25) is 0 Å². The lowest BCUT2D eigenvalue weighted by Crippen LogP contribution is -2.55. The second-order valence-corrected chi connectivity index (χ2v) is 6.64. The fraction of sp³-hybridized carbons (Fsp3) is 0.625. The Bertz CT molecular complexity index is 454. The summed E-state index contributed by atoms with van der Waals surface area (Å²) >= 11 is 0. The molecule has 5 rings (SSSR count). The first kappa shape index (κ1) is 11.0. The Balaban J connectivity index is 1.78. The molecule has 1 N–H and O–H groups in total. The highest BCUT2D eigenvalue weighted by molar-refractivity contribution is 5.28. The number of hydrogen-bond donors (Lipinski definition) is 1. The number of rotatable bonds is 1. The molecule has 0 saturated heterocycles. The van der Waals surface area contributed by atoms with Gasteiger partial charge in [-0.2, -0.15) is 0 Å². The Labute approximate surface area is 107 Å². The summed E-state index contributed by atoms with van der Waals surface area (Å²) in [5.74, 6) is 2.13. The van der Waals surface area contributed by atoms with E-state index in [0.717, 1.165) is 43.1 Å². The van der Waals surface area contributed by atoms with Gasteiger partial charge in [0.25, 0.3) is 0 Å². The van der Waals surface area contributed by atoms with Gasteiger partial charge in [-0.3, -0.25) is 0 Å². The van der Waals surface area contributed by atoms with Gasteiger partial charge in [0.1, 0.15) is 5.82 Å². The minimum atomic E-state index is -0.754. The van der Waals surface area contributed by atoms with Gasteiger partial charge in [0.15, 0.2) is 0 Å². The van der Waals surface area contributed by atoms with E-state index < -0.39 is 5.60 Å². The van der Waals surface area contributed by atoms with Crippen molar-refractivity contribution in [1.82, 2.24) is 0 Å². The lowest BCUT2D eigenvalue weighted by atomic mass is 9.48. The summed E-state index contributed by atoms with van der Waals surface area (Å²) in [4.78, 5) is 0. The first-order valence-corrected chi connectivity index (χ1v) is 7.14. The van der Waals surface area contributed by atoms with Gasteiger partial charge in [-0.15, -0.1) is 0 Å². The second kappa shape index (κ2) is 3.57. The van der Waals surface area contributed by atoms with Crippen LogP contribution in [0.15, 0.2) is 24.3 Å². The third-order valence-electron chi connectivity index (χ3n) is 5.67. The van der Waals surface area contributed by atoms with E-state index in [1.165, 1.54) is 12.5 Å². The van der Waals surface area contributed by atoms with Crippen molar-refractivity contribution in [1.29, 1.82) is 0 Å². The van der Waals surface area contributed by atoms with Crippen molar-refractivity contribution >= 4 is 0 Å². The summed E-state index contributed by atoms with van der Waals surface area (Å²) in [5.41, 5.74) is 0.0616. The van der Waals surface area contributed by atoms with E-state index in [1.807, 2.05) is 6.07 Å². The van der Waals surface area contributed by atoms with E-state index in [9.17, 15) is 9.50 Å². The molecule has 0 aliphatic heterocycles. The van der Waals surface area contributed by atoms with Crippen LogP contribution in [0.3, 0.4) is 0 Å². The van der Waals surface area contributed by atoms with Crippen molar-refractivity contribution in [2.75, 3.05) is 0 Å². The quantitative estimate of drug-likeness (QED) is 0.804. The van der Waals surface area contributed by atoms with Crippen LogP contribution in [-0.2, 0) is 5.60 Å². The maximum Gasteiger partial charge on any atom is 0.123 e. The Morgan fingerprint density at radius 3 is 2.17 bits per heavy atom. The van der Waals surface area contributed by atoms with E-state index >= 15 is 0 Å². The van der Waals surface area contributed by atoms with Gasteiger partial charge in [-0.05, 0) is 73.5 Å². The minimum absolute atomic E-state index is 0.227. The molecule has 4 aliphatic rings. The molecule has 96 valence electrons. The molecule has 0 spiro atoms. The lowest BCUT2D eigenvalue weighted by molar-refractivity contribution is -0.179.